The van der Waals surface area contributed by atoms with Crippen LogP contribution in [0, 0.1) is 6.92 Å². The largest absolute Gasteiger partial charge is 0.305 e. The monoisotopic (exact) mass is 242 g/mol. The fraction of sp³-hybridized carbons (Fsp3) is 0.357. The van der Waals surface area contributed by atoms with Gasteiger partial charge in [0.25, 0.3) is 0 Å². The van der Waals surface area contributed by atoms with Crippen molar-refractivity contribution in [3.8, 4) is 0 Å². The predicted molar refractivity (Wildman–Crippen MR) is 71.1 cm³/mol. The van der Waals surface area contributed by atoms with Crippen LogP contribution in [0.3, 0.4) is 0 Å². The first kappa shape index (κ1) is 12.6. The van der Waals surface area contributed by atoms with E-state index >= 15 is 0 Å². The summed E-state index contributed by atoms with van der Waals surface area (Å²) in [5, 5.41) is 3.50. The molecule has 0 fully saturated rings. The normalized spacial score (nSPS) is 12.3. The molecule has 0 saturated carbocycles. The molecule has 0 spiro atoms. The third-order valence-corrected chi connectivity index (χ3v) is 2.73. The van der Waals surface area contributed by atoms with Crippen LogP contribution in [-0.4, -0.2) is 21.5 Å². The van der Waals surface area contributed by atoms with E-state index in [4.69, 9.17) is 0 Å². The Morgan fingerprint density at radius 1 is 1.28 bits per heavy atom. The first-order chi connectivity index (χ1) is 8.81. The van der Waals surface area contributed by atoms with Crippen molar-refractivity contribution in [2.24, 2.45) is 0 Å². The zero-order valence-electron chi connectivity index (χ0n) is 10.8. The van der Waals surface area contributed by atoms with Crippen molar-refractivity contribution in [3.05, 3.63) is 53.9 Å². The standard InChI is InChI=1S/C14H18N4/c1-3-5-17-14(13-4-6-15-10-18-13)12-7-11(2)8-16-9-12/h4,6-10,14,17H,3,5H2,1-2H3. The SMILES string of the molecule is CCCNC(c1cncc(C)c1)c1ccncn1. The molecule has 2 rings (SSSR count). The molecule has 0 amide bonds. The van der Waals surface area contributed by atoms with Crippen LogP contribution in [0.2, 0.25) is 0 Å². The quantitative estimate of drug-likeness (QED) is 0.873. The topological polar surface area (TPSA) is 50.7 Å². The highest BCUT2D eigenvalue weighted by Crippen LogP contribution is 2.19. The number of nitrogens with one attached hydrogen (secondary N) is 1. The van der Waals surface area contributed by atoms with Crippen LogP contribution in [0.25, 0.3) is 0 Å². The number of nitrogens with zero attached hydrogens (tertiary/aromatic N) is 3. The van der Waals surface area contributed by atoms with Crippen LogP contribution in [0.5, 0.6) is 0 Å². The van der Waals surface area contributed by atoms with Crippen molar-refractivity contribution in [1.29, 1.82) is 0 Å². The van der Waals surface area contributed by atoms with Crippen molar-refractivity contribution in [2.75, 3.05) is 6.54 Å². The van der Waals surface area contributed by atoms with Gasteiger partial charge < -0.3 is 5.32 Å². The highest BCUT2D eigenvalue weighted by molar-refractivity contribution is 5.27. The van der Waals surface area contributed by atoms with Crippen molar-refractivity contribution in [1.82, 2.24) is 20.3 Å². The summed E-state index contributed by atoms with van der Waals surface area (Å²) in [4.78, 5) is 12.6. The van der Waals surface area contributed by atoms with Crippen LogP contribution in [0.1, 0.15) is 36.2 Å². The average Bonchev–Trinajstić information content (AvgIpc) is 2.40. The maximum Gasteiger partial charge on any atom is 0.115 e. The molecule has 2 heterocycles. The second kappa shape index (κ2) is 6.21. The summed E-state index contributed by atoms with van der Waals surface area (Å²) in [7, 11) is 0. The Kier molecular flexibility index (Phi) is 4.36. The minimum Gasteiger partial charge on any atom is -0.305 e. The molecule has 94 valence electrons. The molecule has 2 aromatic heterocycles. The first-order valence-corrected chi connectivity index (χ1v) is 6.22. The number of hydrogen-bond donors (Lipinski definition) is 1. The molecule has 0 aliphatic carbocycles. The van der Waals surface area contributed by atoms with Gasteiger partial charge in [0.05, 0.1) is 11.7 Å². The van der Waals surface area contributed by atoms with Crippen molar-refractivity contribution in [2.45, 2.75) is 26.3 Å². The number of aromatic nitrogens is 3. The molecule has 4 nitrogen and oxygen atoms in total. The number of pyridine rings is 1. The highest BCUT2D eigenvalue weighted by atomic mass is 15.0. The Morgan fingerprint density at radius 2 is 2.17 bits per heavy atom. The smallest absolute Gasteiger partial charge is 0.115 e. The zero-order valence-corrected chi connectivity index (χ0v) is 10.8. The molecule has 4 heteroatoms. The molecule has 1 N–H and O–H groups in total. The second-order valence-corrected chi connectivity index (χ2v) is 4.32. The Bertz CT molecular complexity index is 484. The van der Waals surface area contributed by atoms with Crippen LogP contribution >= 0.6 is 0 Å². The van der Waals surface area contributed by atoms with Crippen LogP contribution in [0.4, 0.5) is 0 Å². The van der Waals surface area contributed by atoms with Gasteiger partial charge in [0.15, 0.2) is 0 Å². The Hall–Kier alpha value is -1.81. The molecule has 1 atom stereocenters. The van der Waals surface area contributed by atoms with Crippen molar-refractivity contribution in [3.63, 3.8) is 0 Å². The van der Waals surface area contributed by atoms with E-state index in [-0.39, 0.29) is 6.04 Å². The summed E-state index contributed by atoms with van der Waals surface area (Å²) < 4.78 is 0. The van der Waals surface area contributed by atoms with Crippen LogP contribution in [0.15, 0.2) is 37.1 Å². The Morgan fingerprint density at radius 3 is 2.83 bits per heavy atom. The van der Waals surface area contributed by atoms with E-state index < -0.39 is 0 Å². The molecule has 0 aliphatic rings. The molecule has 0 aromatic carbocycles. The van der Waals surface area contributed by atoms with Gasteiger partial charge in [0.2, 0.25) is 0 Å². The van der Waals surface area contributed by atoms with E-state index in [1.165, 1.54) is 0 Å². The molecule has 0 aliphatic heterocycles. The number of aryl methyl sites for hydroxylation is 1. The van der Waals surface area contributed by atoms with E-state index in [1.54, 1.807) is 12.5 Å². The van der Waals surface area contributed by atoms with Crippen molar-refractivity contribution >= 4 is 0 Å². The lowest BCUT2D eigenvalue weighted by molar-refractivity contribution is 0.583. The van der Waals surface area contributed by atoms with E-state index in [9.17, 15) is 0 Å². The lowest BCUT2D eigenvalue weighted by atomic mass is 10.0. The Labute approximate surface area is 108 Å². The van der Waals surface area contributed by atoms with Crippen LogP contribution < -0.4 is 5.32 Å². The highest BCUT2D eigenvalue weighted by Gasteiger charge is 2.14. The van der Waals surface area contributed by atoms with Gasteiger partial charge in [-0.1, -0.05) is 13.0 Å². The number of rotatable bonds is 5. The van der Waals surface area contributed by atoms with Gasteiger partial charge in [0, 0.05) is 18.6 Å². The third-order valence-electron chi connectivity index (χ3n) is 2.73. The van der Waals surface area contributed by atoms with E-state index in [0.717, 1.165) is 29.8 Å². The lowest BCUT2D eigenvalue weighted by Gasteiger charge is -2.18. The van der Waals surface area contributed by atoms with E-state index in [2.05, 4.69) is 33.3 Å². The van der Waals surface area contributed by atoms with Gasteiger partial charge in [-0.25, -0.2) is 9.97 Å². The first-order valence-electron chi connectivity index (χ1n) is 6.22. The van der Waals surface area contributed by atoms with E-state index in [1.807, 2.05) is 25.4 Å². The summed E-state index contributed by atoms with van der Waals surface area (Å²) >= 11 is 0. The predicted octanol–water partition coefficient (Wildman–Crippen LogP) is 2.27. The minimum absolute atomic E-state index is 0.0837. The van der Waals surface area contributed by atoms with Crippen molar-refractivity contribution < 1.29 is 0 Å². The zero-order chi connectivity index (χ0) is 12.8. The molecule has 18 heavy (non-hydrogen) atoms. The Balaban J connectivity index is 2.31. The number of hydrogen-bond acceptors (Lipinski definition) is 4. The van der Waals surface area contributed by atoms with E-state index in [0.29, 0.717) is 0 Å². The summed E-state index contributed by atoms with van der Waals surface area (Å²) in [6.45, 7) is 5.15. The van der Waals surface area contributed by atoms with Crippen LogP contribution in [-0.2, 0) is 0 Å². The molecule has 2 aromatic rings. The summed E-state index contributed by atoms with van der Waals surface area (Å²) in [5.41, 5.74) is 3.28. The third kappa shape index (κ3) is 3.11. The summed E-state index contributed by atoms with van der Waals surface area (Å²) in [6.07, 6.45) is 8.19. The van der Waals surface area contributed by atoms with Gasteiger partial charge in [-0.2, -0.15) is 0 Å². The average molecular weight is 242 g/mol. The lowest BCUT2D eigenvalue weighted by Crippen LogP contribution is -2.24. The maximum atomic E-state index is 4.34. The maximum absolute atomic E-state index is 4.34. The molecule has 0 radical (unpaired) electrons. The molecular formula is C14H18N4. The minimum atomic E-state index is 0.0837. The van der Waals surface area contributed by atoms with Gasteiger partial charge in [-0.15, -0.1) is 0 Å². The van der Waals surface area contributed by atoms with Gasteiger partial charge in [-0.05, 0) is 37.1 Å². The summed E-state index contributed by atoms with van der Waals surface area (Å²) in [6, 6.07) is 4.17. The molecule has 0 bridgehead atoms. The fourth-order valence-corrected chi connectivity index (χ4v) is 1.89. The van der Waals surface area contributed by atoms with Gasteiger partial charge in [-0.3, -0.25) is 4.98 Å². The second-order valence-electron chi connectivity index (χ2n) is 4.32. The molecule has 0 saturated heterocycles. The summed E-state index contributed by atoms with van der Waals surface area (Å²) in [5.74, 6) is 0. The molecule has 1 unspecified atom stereocenters. The van der Waals surface area contributed by atoms with Gasteiger partial charge >= 0.3 is 0 Å². The molecular weight excluding hydrogens is 224 g/mol. The fourth-order valence-electron chi connectivity index (χ4n) is 1.89. The van der Waals surface area contributed by atoms with Gasteiger partial charge in [0.1, 0.15) is 6.33 Å².